The summed E-state index contributed by atoms with van der Waals surface area (Å²) in [7, 11) is 5.36. The fourth-order valence-corrected chi connectivity index (χ4v) is 3.77. The van der Waals surface area contributed by atoms with E-state index >= 15 is 0 Å². The van der Waals surface area contributed by atoms with Crippen LogP contribution >= 0.6 is 0 Å². The number of hydrogen-bond donors (Lipinski definition) is 2. The second kappa shape index (κ2) is 10.2. The van der Waals surface area contributed by atoms with E-state index in [2.05, 4.69) is 23.5 Å². The lowest BCUT2D eigenvalue weighted by molar-refractivity contribution is 0.219. The highest BCUT2D eigenvalue weighted by molar-refractivity contribution is 6.32. The number of ether oxygens (including phenoxy) is 2. The molecule has 0 heterocycles. The van der Waals surface area contributed by atoms with E-state index in [1.54, 1.807) is 14.2 Å². The Morgan fingerprint density at radius 1 is 1.03 bits per heavy atom. The van der Waals surface area contributed by atoms with Crippen LogP contribution in [0, 0.1) is 6.92 Å². The lowest BCUT2D eigenvalue weighted by Crippen LogP contribution is -2.13. The van der Waals surface area contributed by atoms with Crippen molar-refractivity contribution in [2.75, 3.05) is 19.5 Å². The zero-order chi connectivity index (χ0) is 22.4. The van der Waals surface area contributed by atoms with Crippen LogP contribution in [0.25, 0.3) is 6.08 Å². The molecule has 0 aliphatic carbocycles. The molecule has 0 saturated carbocycles. The Balaban J connectivity index is 1.93. The highest BCUT2D eigenvalue weighted by atomic mass is 16.5. The first kappa shape index (κ1) is 22.5. The molecule has 1 atom stereocenters. The fraction of sp³-hybridized carbons (Fsp3) is 0.231. The number of allylic oxidation sites excluding steroid dienone is 1. The molecule has 160 valence electrons. The van der Waals surface area contributed by atoms with E-state index in [4.69, 9.17) is 9.47 Å². The van der Waals surface area contributed by atoms with Crippen molar-refractivity contribution < 1.29 is 14.6 Å². The van der Waals surface area contributed by atoms with Gasteiger partial charge >= 0.3 is 0 Å². The Morgan fingerprint density at radius 2 is 1.84 bits per heavy atom. The Morgan fingerprint density at radius 3 is 2.55 bits per heavy atom. The zero-order valence-electron chi connectivity index (χ0n) is 18.9. The number of hydrogen-bond acceptors (Lipinski definition) is 4. The van der Waals surface area contributed by atoms with Gasteiger partial charge in [0.05, 0.1) is 14.2 Å². The van der Waals surface area contributed by atoms with Gasteiger partial charge in [-0.1, -0.05) is 47.9 Å². The summed E-state index contributed by atoms with van der Waals surface area (Å²) in [4.78, 5) is 0. The molecule has 4 nitrogen and oxygen atoms in total. The first-order chi connectivity index (χ1) is 15.0. The minimum atomic E-state index is -0.761. The normalized spacial score (nSPS) is 12.0. The number of aliphatic hydroxyl groups excluding tert-OH is 1. The van der Waals surface area contributed by atoms with E-state index < -0.39 is 6.10 Å². The zero-order valence-corrected chi connectivity index (χ0v) is 18.9. The molecule has 3 rings (SSSR count). The summed E-state index contributed by atoms with van der Waals surface area (Å²) in [5.41, 5.74) is 6.88. The van der Waals surface area contributed by atoms with Crippen LogP contribution in [-0.4, -0.2) is 27.2 Å². The number of methoxy groups -OCH3 is 2. The summed E-state index contributed by atoms with van der Waals surface area (Å²) in [6.07, 6.45) is 3.33. The third-order valence-corrected chi connectivity index (χ3v) is 5.51. The van der Waals surface area contributed by atoms with Gasteiger partial charge in [-0.2, -0.15) is 0 Å². The van der Waals surface area contributed by atoms with Crippen molar-refractivity contribution in [2.45, 2.75) is 26.5 Å². The summed E-state index contributed by atoms with van der Waals surface area (Å²) in [6, 6.07) is 17.9. The van der Waals surface area contributed by atoms with Gasteiger partial charge in [0.25, 0.3) is 0 Å². The van der Waals surface area contributed by atoms with E-state index in [-0.39, 0.29) is 0 Å². The van der Waals surface area contributed by atoms with Crippen LogP contribution in [-0.2, 0) is 6.54 Å². The van der Waals surface area contributed by atoms with Crippen molar-refractivity contribution in [3.05, 3.63) is 88.5 Å². The molecule has 3 aromatic carbocycles. The van der Waals surface area contributed by atoms with Gasteiger partial charge in [0.15, 0.2) is 0 Å². The van der Waals surface area contributed by atoms with Gasteiger partial charge in [-0.25, -0.2) is 0 Å². The molecular formula is C26H30BNO3. The average Bonchev–Trinajstić information content (AvgIpc) is 2.78. The fourth-order valence-electron chi connectivity index (χ4n) is 3.77. The quantitative estimate of drug-likeness (QED) is 0.547. The van der Waals surface area contributed by atoms with Crippen molar-refractivity contribution in [3.8, 4) is 11.5 Å². The molecule has 0 spiro atoms. The van der Waals surface area contributed by atoms with Crippen molar-refractivity contribution in [2.24, 2.45) is 0 Å². The van der Waals surface area contributed by atoms with Crippen molar-refractivity contribution in [1.82, 2.24) is 0 Å². The number of rotatable bonds is 8. The molecule has 0 aliphatic heterocycles. The van der Waals surface area contributed by atoms with Crippen molar-refractivity contribution >= 4 is 25.1 Å². The molecule has 3 aromatic rings. The van der Waals surface area contributed by atoms with E-state index in [1.165, 1.54) is 0 Å². The van der Waals surface area contributed by atoms with E-state index in [0.717, 1.165) is 50.5 Å². The molecule has 0 saturated heterocycles. The standard InChI is InChI=1S/C26H30BNO3/c1-5-7-18-14-21(30-3)12-10-19(18)16-28-24-13-11-20(27)15-23(24)26(29)22-8-6-9-25(31-4)17(22)2/h5-15,26,28-29H,16,27H2,1-4H3/b7-5-. The van der Waals surface area contributed by atoms with Crippen LogP contribution in [0.3, 0.4) is 0 Å². The second-order valence-electron chi connectivity index (χ2n) is 7.59. The third-order valence-electron chi connectivity index (χ3n) is 5.51. The monoisotopic (exact) mass is 415 g/mol. The van der Waals surface area contributed by atoms with Crippen molar-refractivity contribution in [1.29, 1.82) is 0 Å². The molecule has 0 fully saturated rings. The number of aliphatic hydroxyl groups is 1. The van der Waals surface area contributed by atoms with Gasteiger partial charge in [-0.3, -0.25) is 0 Å². The summed E-state index contributed by atoms with van der Waals surface area (Å²) in [5, 5.41) is 14.8. The molecule has 0 aromatic heterocycles. The molecule has 0 amide bonds. The minimum absolute atomic E-state index is 0.629. The lowest BCUT2D eigenvalue weighted by atomic mass is 9.89. The van der Waals surface area contributed by atoms with Gasteiger partial charge < -0.3 is 19.9 Å². The number of nitrogens with one attached hydrogen (secondary N) is 1. The molecule has 0 aliphatic rings. The van der Waals surface area contributed by atoms with Crippen LogP contribution in [0.1, 0.15) is 40.8 Å². The third kappa shape index (κ3) is 5.12. The number of benzene rings is 3. The average molecular weight is 415 g/mol. The molecule has 0 radical (unpaired) electrons. The molecule has 1 unspecified atom stereocenters. The van der Waals surface area contributed by atoms with Gasteiger partial charge in [-0.05, 0) is 60.4 Å². The topological polar surface area (TPSA) is 50.7 Å². The first-order valence-corrected chi connectivity index (χ1v) is 10.4. The first-order valence-electron chi connectivity index (χ1n) is 10.4. The molecular weight excluding hydrogens is 385 g/mol. The van der Waals surface area contributed by atoms with Crippen LogP contribution in [0.4, 0.5) is 5.69 Å². The molecule has 2 N–H and O–H groups in total. The van der Waals surface area contributed by atoms with Gasteiger partial charge in [0.2, 0.25) is 0 Å². The van der Waals surface area contributed by atoms with Crippen LogP contribution in [0.15, 0.2) is 60.7 Å². The summed E-state index contributed by atoms with van der Waals surface area (Å²) in [6.45, 7) is 4.60. The van der Waals surface area contributed by atoms with Crippen LogP contribution in [0.5, 0.6) is 11.5 Å². The highest BCUT2D eigenvalue weighted by Gasteiger charge is 2.19. The maximum Gasteiger partial charge on any atom is 0.139 e. The van der Waals surface area contributed by atoms with Gasteiger partial charge in [0.1, 0.15) is 25.4 Å². The summed E-state index contributed by atoms with van der Waals surface area (Å²) < 4.78 is 10.8. The Labute approximate surface area is 185 Å². The number of anilines is 1. The predicted octanol–water partition coefficient (Wildman–Crippen LogP) is 4.00. The highest BCUT2D eigenvalue weighted by Crippen LogP contribution is 2.33. The van der Waals surface area contributed by atoms with Crippen LogP contribution < -0.4 is 20.3 Å². The maximum absolute atomic E-state index is 11.3. The lowest BCUT2D eigenvalue weighted by Gasteiger charge is -2.21. The minimum Gasteiger partial charge on any atom is -0.497 e. The second-order valence-corrected chi connectivity index (χ2v) is 7.59. The van der Waals surface area contributed by atoms with Crippen molar-refractivity contribution in [3.63, 3.8) is 0 Å². The Kier molecular flexibility index (Phi) is 7.43. The Hall–Kier alpha value is -3.18. The van der Waals surface area contributed by atoms with Gasteiger partial charge in [0, 0.05) is 17.8 Å². The van der Waals surface area contributed by atoms with Crippen LogP contribution in [0.2, 0.25) is 0 Å². The smallest absolute Gasteiger partial charge is 0.139 e. The SMILES string of the molecule is Bc1ccc(NCc2ccc(OC)cc2/C=C\C)c(C(O)c2cccc(OC)c2C)c1. The Bertz CT molecular complexity index is 1080. The molecule has 31 heavy (non-hydrogen) atoms. The van der Waals surface area contributed by atoms with E-state index in [1.807, 2.05) is 70.2 Å². The summed E-state index contributed by atoms with van der Waals surface area (Å²) >= 11 is 0. The summed E-state index contributed by atoms with van der Waals surface area (Å²) in [5.74, 6) is 1.60. The maximum atomic E-state index is 11.3. The molecule has 5 heteroatoms. The van der Waals surface area contributed by atoms with Gasteiger partial charge in [-0.15, -0.1) is 0 Å². The predicted molar refractivity (Wildman–Crippen MR) is 131 cm³/mol. The largest absolute Gasteiger partial charge is 0.497 e. The van der Waals surface area contributed by atoms with E-state index in [9.17, 15) is 5.11 Å². The molecule has 0 bridgehead atoms. The van der Waals surface area contributed by atoms with E-state index in [0.29, 0.717) is 6.54 Å².